The third-order valence-corrected chi connectivity index (χ3v) is 3.76. The van der Waals surface area contributed by atoms with Crippen LogP contribution in [0.3, 0.4) is 0 Å². The molecule has 0 amide bonds. The van der Waals surface area contributed by atoms with Gasteiger partial charge in [-0.15, -0.1) is 0 Å². The van der Waals surface area contributed by atoms with Gasteiger partial charge in [-0.3, -0.25) is 0 Å². The van der Waals surface area contributed by atoms with Crippen molar-refractivity contribution >= 4 is 11.6 Å². The van der Waals surface area contributed by atoms with Crippen molar-refractivity contribution in [1.82, 2.24) is 0 Å². The fraction of sp³-hybridized carbons (Fsp3) is 0.538. The molecule has 0 radical (unpaired) electrons. The van der Waals surface area contributed by atoms with E-state index in [-0.39, 0.29) is 17.0 Å². The monoisotopic (exact) mass is 258 g/mol. The van der Waals surface area contributed by atoms with Crippen LogP contribution in [0.4, 0.5) is 4.39 Å². The molecule has 0 spiro atoms. The maximum Gasteiger partial charge on any atom is 0.142 e. The van der Waals surface area contributed by atoms with Crippen LogP contribution in [0.5, 0.6) is 0 Å². The minimum absolute atomic E-state index is 0.0415. The summed E-state index contributed by atoms with van der Waals surface area (Å²) < 4.78 is 18.8. The maximum atomic E-state index is 13.3. The van der Waals surface area contributed by atoms with E-state index in [1.165, 1.54) is 6.07 Å². The summed E-state index contributed by atoms with van der Waals surface area (Å²) in [6.07, 6.45) is 2.37. The Bertz CT molecular complexity index is 389. The molecule has 4 heteroatoms. The average Bonchev–Trinajstić information content (AvgIpc) is 2.36. The molecule has 17 heavy (non-hydrogen) atoms. The van der Waals surface area contributed by atoms with E-state index < -0.39 is 5.82 Å². The van der Waals surface area contributed by atoms with Gasteiger partial charge in [-0.25, -0.2) is 4.39 Å². The third kappa shape index (κ3) is 2.79. The van der Waals surface area contributed by atoms with Gasteiger partial charge >= 0.3 is 0 Å². The molecule has 0 aromatic heterocycles. The van der Waals surface area contributed by atoms with E-state index in [9.17, 15) is 9.50 Å². The van der Waals surface area contributed by atoms with Crippen LogP contribution >= 0.6 is 11.6 Å². The highest BCUT2D eigenvalue weighted by Gasteiger charge is 2.33. The lowest BCUT2D eigenvalue weighted by molar-refractivity contribution is -0.0379. The van der Waals surface area contributed by atoms with E-state index in [2.05, 4.69) is 0 Å². The Morgan fingerprint density at radius 1 is 1.47 bits per heavy atom. The summed E-state index contributed by atoms with van der Waals surface area (Å²) in [6, 6.07) is 4.79. The number of hydrogen-bond donors (Lipinski definition) is 1. The first kappa shape index (κ1) is 12.8. The molecule has 94 valence electrons. The van der Waals surface area contributed by atoms with Gasteiger partial charge in [0.1, 0.15) is 5.82 Å². The number of hydrogen-bond acceptors (Lipinski definition) is 2. The number of benzene rings is 1. The first-order chi connectivity index (χ1) is 8.17. The molecule has 1 aromatic carbocycles. The highest BCUT2D eigenvalue weighted by atomic mass is 35.5. The van der Waals surface area contributed by atoms with Gasteiger partial charge in [0.05, 0.1) is 18.2 Å². The molecular weight excluding hydrogens is 243 g/mol. The Balaban J connectivity index is 2.20. The zero-order valence-electron chi connectivity index (χ0n) is 9.59. The number of aliphatic hydroxyl groups excluding tert-OH is 1. The van der Waals surface area contributed by atoms with Crippen LogP contribution in [-0.2, 0) is 11.2 Å². The van der Waals surface area contributed by atoms with E-state index >= 15 is 0 Å². The second-order valence-corrected chi connectivity index (χ2v) is 5.08. The standard InChI is InChI=1S/C13H16ClFO2/c14-12-10(3-1-4-11(12)15)7-13(8-16)5-2-6-17-9-13/h1,3-4,16H,2,5-9H2. The predicted octanol–water partition coefficient (Wildman–Crippen LogP) is 2.81. The Labute approximate surface area is 105 Å². The van der Waals surface area contributed by atoms with Crippen molar-refractivity contribution in [2.45, 2.75) is 19.3 Å². The largest absolute Gasteiger partial charge is 0.396 e. The molecule has 2 nitrogen and oxygen atoms in total. The number of ether oxygens (including phenoxy) is 1. The summed E-state index contributed by atoms with van der Waals surface area (Å²) in [7, 11) is 0. The lowest BCUT2D eigenvalue weighted by Gasteiger charge is -2.35. The first-order valence-corrected chi connectivity index (χ1v) is 6.16. The second-order valence-electron chi connectivity index (χ2n) is 4.70. The molecule has 0 bridgehead atoms. The van der Waals surface area contributed by atoms with Crippen molar-refractivity contribution in [2.24, 2.45) is 5.41 Å². The zero-order chi connectivity index (χ0) is 12.3. The SMILES string of the molecule is OCC1(Cc2cccc(F)c2Cl)CCCOC1. The number of aliphatic hydroxyl groups is 1. The highest BCUT2D eigenvalue weighted by Crippen LogP contribution is 2.34. The average molecular weight is 259 g/mol. The lowest BCUT2D eigenvalue weighted by atomic mass is 9.78. The molecule has 1 atom stereocenters. The van der Waals surface area contributed by atoms with Gasteiger partial charge in [0.15, 0.2) is 0 Å². The Morgan fingerprint density at radius 3 is 2.94 bits per heavy atom. The van der Waals surface area contributed by atoms with Crippen LogP contribution in [0.1, 0.15) is 18.4 Å². The maximum absolute atomic E-state index is 13.3. The summed E-state index contributed by atoms with van der Waals surface area (Å²) in [5.41, 5.74) is 0.432. The Morgan fingerprint density at radius 2 is 2.29 bits per heavy atom. The normalized spacial score (nSPS) is 24.9. The smallest absolute Gasteiger partial charge is 0.142 e. The summed E-state index contributed by atoms with van der Waals surface area (Å²) in [6.45, 7) is 1.29. The molecular formula is C13H16ClFO2. The minimum Gasteiger partial charge on any atom is -0.396 e. The molecule has 1 aromatic rings. The van der Waals surface area contributed by atoms with E-state index in [0.29, 0.717) is 13.0 Å². The molecule has 1 aliphatic heterocycles. The topological polar surface area (TPSA) is 29.5 Å². The summed E-state index contributed by atoms with van der Waals surface area (Å²) >= 11 is 5.93. The van der Waals surface area contributed by atoms with Crippen LogP contribution in [0.2, 0.25) is 5.02 Å². The fourth-order valence-corrected chi connectivity index (χ4v) is 2.51. The van der Waals surface area contributed by atoms with Gasteiger partial charge in [0.2, 0.25) is 0 Å². The second kappa shape index (κ2) is 5.34. The molecule has 1 unspecified atom stereocenters. The molecule has 2 rings (SSSR count). The van der Waals surface area contributed by atoms with Crippen LogP contribution in [0.25, 0.3) is 0 Å². The van der Waals surface area contributed by atoms with Crippen LogP contribution < -0.4 is 0 Å². The van der Waals surface area contributed by atoms with Crippen molar-refractivity contribution in [1.29, 1.82) is 0 Å². The fourth-order valence-electron chi connectivity index (χ4n) is 2.32. The van der Waals surface area contributed by atoms with Gasteiger partial charge in [-0.1, -0.05) is 23.7 Å². The molecule has 1 N–H and O–H groups in total. The third-order valence-electron chi connectivity index (χ3n) is 3.34. The van der Waals surface area contributed by atoms with Crippen LogP contribution in [0.15, 0.2) is 18.2 Å². The van der Waals surface area contributed by atoms with Crippen molar-refractivity contribution < 1.29 is 14.2 Å². The van der Waals surface area contributed by atoms with Gasteiger partial charge in [-0.05, 0) is 30.9 Å². The van der Waals surface area contributed by atoms with Crippen molar-refractivity contribution in [3.05, 3.63) is 34.6 Å². The van der Waals surface area contributed by atoms with E-state index in [4.69, 9.17) is 16.3 Å². The van der Waals surface area contributed by atoms with Gasteiger partial charge in [0, 0.05) is 12.0 Å². The van der Waals surface area contributed by atoms with Crippen molar-refractivity contribution in [3.8, 4) is 0 Å². The van der Waals surface area contributed by atoms with Crippen molar-refractivity contribution in [3.63, 3.8) is 0 Å². The van der Waals surface area contributed by atoms with Crippen molar-refractivity contribution in [2.75, 3.05) is 19.8 Å². The molecule has 1 aliphatic rings. The lowest BCUT2D eigenvalue weighted by Crippen LogP contribution is -2.37. The zero-order valence-corrected chi connectivity index (χ0v) is 10.3. The van der Waals surface area contributed by atoms with E-state index in [1.807, 2.05) is 0 Å². The predicted molar refractivity (Wildman–Crippen MR) is 64.7 cm³/mol. The number of rotatable bonds is 3. The van der Waals surface area contributed by atoms with Gasteiger partial charge in [0.25, 0.3) is 0 Å². The molecule has 1 saturated heterocycles. The molecule has 0 aliphatic carbocycles. The molecule has 1 fully saturated rings. The quantitative estimate of drug-likeness (QED) is 0.903. The van der Waals surface area contributed by atoms with E-state index in [1.54, 1.807) is 12.1 Å². The summed E-state index contributed by atoms with van der Waals surface area (Å²) in [5, 5.41) is 9.70. The molecule has 1 heterocycles. The highest BCUT2D eigenvalue weighted by molar-refractivity contribution is 6.31. The summed E-state index contributed by atoms with van der Waals surface area (Å²) in [5.74, 6) is -0.408. The van der Waals surface area contributed by atoms with Gasteiger partial charge in [-0.2, -0.15) is 0 Å². The van der Waals surface area contributed by atoms with E-state index in [0.717, 1.165) is 25.0 Å². The van der Waals surface area contributed by atoms with Crippen LogP contribution in [0, 0.1) is 11.2 Å². The Kier molecular flexibility index (Phi) is 4.02. The number of halogens is 2. The first-order valence-electron chi connectivity index (χ1n) is 5.78. The minimum atomic E-state index is -0.408. The van der Waals surface area contributed by atoms with Crippen LogP contribution in [-0.4, -0.2) is 24.9 Å². The van der Waals surface area contributed by atoms with Gasteiger partial charge < -0.3 is 9.84 Å². The summed E-state index contributed by atoms with van der Waals surface area (Å²) in [4.78, 5) is 0. The molecule has 0 saturated carbocycles. The Hall–Kier alpha value is -0.640.